The largest absolute Gasteiger partial charge is 0.418 e. The first-order valence-electron chi connectivity index (χ1n) is 10.0. The van der Waals surface area contributed by atoms with Crippen molar-refractivity contribution in [2.45, 2.75) is 19.1 Å². The van der Waals surface area contributed by atoms with E-state index in [9.17, 15) is 17.6 Å². The summed E-state index contributed by atoms with van der Waals surface area (Å²) in [6, 6.07) is 13.6. The van der Waals surface area contributed by atoms with Crippen LogP contribution in [0.1, 0.15) is 17.0 Å². The standard InChI is InChI=1S/C24H20F4N4/c1-32(15-16-4-2-5-19(25)12-16)11-9-22-30-14-18-8-7-17(13-21(18)31-22)23-20(24(26,27)28)6-3-10-29-23/h2-8,10,12-14H,9,11,15H2,1H3. The maximum Gasteiger partial charge on any atom is 0.418 e. The van der Waals surface area contributed by atoms with Crippen LogP contribution in [0.25, 0.3) is 22.2 Å². The summed E-state index contributed by atoms with van der Waals surface area (Å²) in [7, 11) is 1.92. The molecule has 0 spiro atoms. The lowest BCUT2D eigenvalue weighted by Gasteiger charge is -2.16. The Morgan fingerprint density at radius 1 is 0.969 bits per heavy atom. The van der Waals surface area contributed by atoms with Crippen molar-refractivity contribution in [3.63, 3.8) is 0 Å². The number of nitrogens with zero attached hydrogens (tertiary/aromatic N) is 4. The molecule has 32 heavy (non-hydrogen) atoms. The Kier molecular flexibility index (Phi) is 6.14. The molecule has 4 rings (SSSR count). The topological polar surface area (TPSA) is 41.9 Å². The van der Waals surface area contributed by atoms with Gasteiger partial charge in [0.15, 0.2) is 0 Å². The van der Waals surface area contributed by atoms with Crippen molar-refractivity contribution < 1.29 is 17.6 Å². The fraction of sp³-hybridized carbons (Fsp3) is 0.208. The molecule has 0 saturated heterocycles. The fourth-order valence-corrected chi connectivity index (χ4v) is 3.51. The summed E-state index contributed by atoms with van der Waals surface area (Å²) >= 11 is 0. The molecule has 0 saturated carbocycles. The van der Waals surface area contributed by atoms with Crippen molar-refractivity contribution in [2.75, 3.05) is 13.6 Å². The Bertz CT molecular complexity index is 1240. The van der Waals surface area contributed by atoms with Crippen LogP contribution in [-0.2, 0) is 19.1 Å². The van der Waals surface area contributed by atoms with Gasteiger partial charge in [-0.25, -0.2) is 14.4 Å². The van der Waals surface area contributed by atoms with E-state index >= 15 is 0 Å². The molecule has 4 aromatic rings. The summed E-state index contributed by atoms with van der Waals surface area (Å²) in [5, 5.41) is 0.732. The van der Waals surface area contributed by atoms with Gasteiger partial charge in [0.05, 0.1) is 16.8 Å². The van der Waals surface area contributed by atoms with Gasteiger partial charge in [0.2, 0.25) is 0 Å². The quantitative estimate of drug-likeness (QED) is 0.370. The van der Waals surface area contributed by atoms with Crippen LogP contribution in [0.2, 0.25) is 0 Å². The zero-order chi connectivity index (χ0) is 22.7. The van der Waals surface area contributed by atoms with E-state index in [0.717, 1.165) is 17.0 Å². The molecule has 4 nitrogen and oxygen atoms in total. The van der Waals surface area contributed by atoms with Crippen molar-refractivity contribution in [3.05, 3.63) is 89.8 Å². The Hall–Kier alpha value is -3.39. The summed E-state index contributed by atoms with van der Waals surface area (Å²) in [6.45, 7) is 1.22. The highest BCUT2D eigenvalue weighted by molar-refractivity contribution is 5.83. The van der Waals surface area contributed by atoms with E-state index in [1.54, 1.807) is 30.5 Å². The molecular weight excluding hydrogens is 420 g/mol. The van der Waals surface area contributed by atoms with Crippen LogP contribution in [0.15, 0.2) is 67.0 Å². The highest BCUT2D eigenvalue weighted by Crippen LogP contribution is 2.36. The van der Waals surface area contributed by atoms with Crippen LogP contribution in [0.3, 0.4) is 0 Å². The third-order valence-corrected chi connectivity index (χ3v) is 5.08. The van der Waals surface area contributed by atoms with Crippen LogP contribution in [-0.4, -0.2) is 33.4 Å². The van der Waals surface area contributed by atoms with Crippen molar-refractivity contribution in [3.8, 4) is 11.3 Å². The van der Waals surface area contributed by atoms with E-state index in [0.29, 0.717) is 36.4 Å². The number of rotatable bonds is 6. The Labute approximate surface area is 182 Å². The van der Waals surface area contributed by atoms with Gasteiger partial charge in [-0.2, -0.15) is 13.2 Å². The third-order valence-electron chi connectivity index (χ3n) is 5.08. The van der Waals surface area contributed by atoms with E-state index in [1.807, 2.05) is 18.0 Å². The first kappa shape index (κ1) is 21.8. The molecule has 0 aliphatic heterocycles. The molecule has 0 aliphatic carbocycles. The minimum Gasteiger partial charge on any atom is -0.302 e. The summed E-state index contributed by atoms with van der Waals surface area (Å²) < 4.78 is 53.5. The molecule has 8 heteroatoms. The second-order valence-corrected chi connectivity index (χ2v) is 7.57. The number of halogens is 4. The van der Waals surface area contributed by atoms with Crippen LogP contribution in [0.5, 0.6) is 0 Å². The van der Waals surface area contributed by atoms with E-state index in [1.165, 1.54) is 24.4 Å². The van der Waals surface area contributed by atoms with Gasteiger partial charge in [-0.3, -0.25) is 4.98 Å². The molecule has 0 fully saturated rings. The number of benzene rings is 2. The number of pyridine rings is 1. The fourth-order valence-electron chi connectivity index (χ4n) is 3.51. The molecule has 2 heterocycles. The summed E-state index contributed by atoms with van der Waals surface area (Å²) in [5.74, 6) is 0.309. The smallest absolute Gasteiger partial charge is 0.302 e. The molecule has 0 unspecified atom stereocenters. The zero-order valence-electron chi connectivity index (χ0n) is 17.3. The summed E-state index contributed by atoms with van der Waals surface area (Å²) in [5.41, 5.74) is 0.856. The lowest BCUT2D eigenvalue weighted by atomic mass is 10.0. The average Bonchev–Trinajstić information content (AvgIpc) is 2.76. The van der Waals surface area contributed by atoms with E-state index in [4.69, 9.17) is 0 Å². The van der Waals surface area contributed by atoms with Crippen LogP contribution in [0.4, 0.5) is 17.6 Å². The number of likely N-dealkylation sites (N-methyl/N-ethyl adjacent to an activating group) is 1. The van der Waals surface area contributed by atoms with Crippen LogP contribution in [0, 0.1) is 5.82 Å². The van der Waals surface area contributed by atoms with Gasteiger partial charge < -0.3 is 4.90 Å². The Morgan fingerprint density at radius 3 is 2.59 bits per heavy atom. The Balaban J connectivity index is 1.53. The first-order chi connectivity index (χ1) is 15.3. The lowest BCUT2D eigenvalue weighted by molar-refractivity contribution is -0.137. The molecule has 164 valence electrons. The SMILES string of the molecule is CN(CCc1ncc2ccc(-c3ncccc3C(F)(F)F)cc2n1)Cc1cccc(F)c1. The van der Waals surface area contributed by atoms with Crippen molar-refractivity contribution >= 4 is 10.9 Å². The molecule has 2 aromatic carbocycles. The molecule has 0 bridgehead atoms. The van der Waals surface area contributed by atoms with Gasteiger partial charge in [0.1, 0.15) is 11.6 Å². The minimum atomic E-state index is -4.50. The van der Waals surface area contributed by atoms with Gasteiger partial charge in [0.25, 0.3) is 0 Å². The number of fused-ring (bicyclic) bond motifs is 1. The summed E-state index contributed by atoms with van der Waals surface area (Å²) in [4.78, 5) is 14.9. The minimum absolute atomic E-state index is 0.128. The van der Waals surface area contributed by atoms with Gasteiger partial charge >= 0.3 is 6.18 Å². The highest BCUT2D eigenvalue weighted by atomic mass is 19.4. The Morgan fingerprint density at radius 2 is 1.81 bits per heavy atom. The van der Waals surface area contributed by atoms with Crippen molar-refractivity contribution in [1.29, 1.82) is 0 Å². The number of hydrogen-bond acceptors (Lipinski definition) is 4. The molecular formula is C24H20F4N4. The highest BCUT2D eigenvalue weighted by Gasteiger charge is 2.34. The predicted octanol–water partition coefficient (Wildman–Crippen LogP) is 5.52. The molecule has 2 aromatic heterocycles. The molecule has 0 atom stereocenters. The second-order valence-electron chi connectivity index (χ2n) is 7.57. The third kappa shape index (κ3) is 5.08. The lowest BCUT2D eigenvalue weighted by Crippen LogP contribution is -2.21. The van der Waals surface area contributed by atoms with Crippen LogP contribution < -0.4 is 0 Å². The monoisotopic (exact) mass is 440 g/mol. The second kappa shape index (κ2) is 9.00. The van der Waals surface area contributed by atoms with Gasteiger partial charge in [-0.15, -0.1) is 0 Å². The van der Waals surface area contributed by atoms with E-state index in [-0.39, 0.29) is 11.5 Å². The molecule has 0 amide bonds. The van der Waals surface area contributed by atoms with Gasteiger partial charge in [-0.1, -0.05) is 24.3 Å². The normalized spacial score (nSPS) is 11.9. The van der Waals surface area contributed by atoms with Crippen LogP contribution >= 0.6 is 0 Å². The summed E-state index contributed by atoms with van der Waals surface area (Å²) in [6.07, 6.45) is -0.948. The predicted molar refractivity (Wildman–Crippen MR) is 114 cm³/mol. The van der Waals surface area contributed by atoms with Crippen molar-refractivity contribution in [1.82, 2.24) is 19.9 Å². The van der Waals surface area contributed by atoms with Gasteiger partial charge in [0, 0.05) is 42.9 Å². The maximum atomic E-state index is 13.4. The van der Waals surface area contributed by atoms with Crippen molar-refractivity contribution in [2.24, 2.45) is 0 Å². The van der Waals surface area contributed by atoms with E-state index in [2.05, 4.69) is 15.0 Å². The van der Waals surface area contributed by atoms with Gasteiger partial charge in [-0.05, 0) is 42.9 Å². The molecule has 0 N–H and O–H groups in total. The zero-order valence-corrected chi connectivity index (χ0v) is 17.3. The number of alkyl halides is 3. The molecule has 0 aliphatic rings. The number of hydrogen-bond donors (Lipinski definition) is 0. The maximum absolute atomic E-state index is 13.4. The first-order valence-corrected chi connectivity index (χ1v) is 10.0. The average molecular weight is 440 g/mol. The van der Waals surface area contributed by atoms with E-state index < -0.39 is 11.7 Å². The molecule has 0 radical (unpaired) electrons. The number of aromatic nitrogens is 3.